The van der Waals surface area contributed by atoms with Crippen molar-refractivity contribution in [3.05, 3.63) is 24.3 Å². The minimum absolute atomic E-state index is 0.0473. The van der Waals surface area contributed by atoms with Gasteiger partial charge in [0.05, 0.1) is 16.0 Å². The first-order valence-electron chi connectivity index (χ1n) is 7.80. The Kier molecular flexibility index (Phi) is 5.54. The summed E-state index contributed by atoms with van der Waals surface area (Å²) in [5.74, 6) is -1.13. The van der Waals surface area contributed by atoms with Crippen LogP contribution in [0.2, 0.25) is 0 Å². The minimum Gasteiger partial charge on any atom is -0.452 e. The summed E-state index contributed by atoms with van der Waals surface area (Å²) in [7, 11) is 0. The van der Waals surface area contributed by atoms with E-state index in [2.05, 4.69) is 15.6 Å². The van der Waals surface area contributed by atoms with Gasteiger partial charge in [-0.05, 0) is 31.9 Å². The molecule has 1 aliphatic carbocycles. The summed E-state index contributed by atoms with van der Waals surface area (Å²) in [4.78, 5) is 39.6. The number of hydrogen-bond acceptors (Lipinski definition) is 7. The largest absolute Gasteiger partial charge is 0.452 e. The maximum absolute atomic E-state index is 11.9. The van der Waals surface area contributed by atoms with Crippen LogP contribution in [-0.4, -0.2) is 40.8 Å². The van der Waals surface area contributed by atoms with E-state index >= 15 is 0 Å². The molecule has 9 heteroatoms. The molecule has 2 N–H and O–H groups in total. The zero-order valence-electron chi connectivity index (χ0n) is 13.5. The van der Waals surface area contributed by atoms with Crippen LogP contribution in [-0.2, 0) is 14.3 Å². The molecule has 1 aliphatic rings. The van der Waals surface area contributed by atoms with Crippen LogP contribution in [0, 0.1) is 0 Å². The molecule has 1 atom stereocenters. The highest BCUT2D eigenvalue weighted by Gasteiger charge is 2.26. The standard InChI is InChI=1S/C16H17N3O4S2/c1-9(14(21)19-15(22)17-10-6-7-10)23-13(20)8-24-16-18-11-4-2-3-5-12(11)25-16/h2-5,9-10H,6-8H2,1H3,(H2,17,19,21,22). The van der Waals surface area contributed by atoms with Crippen LogP contribution in [0.4, 0.5) is 4.79 Å². The molecular weight excluding hydrogens is 362 g/mol. The van der Waals surface area contributed by atoms with Crippen LogP contribution in [0.25, 0.3) is 10.2 Å². The minimum atomic E-state index is -1.03. The number of imide groups is 1. The van der Waals surface area contributed by atoms with Gasteiger partial charge in [0.1, 0.15) is 0 Å². The lowest BCUT2D eigenvalue weighted by atomic mass is 10.3. The van der Waals surface area contributed by atoms with Crippen LogP contribution in [0.15, 0.2) is 28.6 Å². The highest BCUT2D eigenvalue weighted by Crippen LogP contribution is 2.29. The summed E-state index contributed by atoms with van der Waals surface area (Å²) in [6.45, 7) is 1.43. The van der Waals surface area contributed by atoms with Crippen molar-refractivity contribution >= 4 is 51.2 Å². The quantitative estimate of drug-likeness (QED) is 0.590. The van der Waals surface area contributed by atoms with Crippen molar-refractivity contribution in [2.45, 2.75) is 36.3 Å². The lowest BCUT2D eigenvalue weighted by Crippen LogP contribution is -2.45. The molecule has 2 aromatic rings. The Labute approximate surface area is 152 Å². The molecule has 1 unspecified atom stereocenters. The molecule has 7 nitrogen and oxygen atoms in total. The van der Waals surface area contributed by atoms with Crippen molar-refractivity contribution in [2.24, 2.45) is 0 Å². The van der Waals surface area contributed by atoms with E-state index in [1.807, 2.05) is 24.3 Å². The van der Waals surface area contributed by atoms with E-state index in [0.29, 0.717) is 0 Å². The van der Waals surface area contributed by atoms with Gasteiger partial charge in [-0.2, -0.15) is 0 Å². The summed E-state index contributed by atoms with van der Waals surface area (Å²) >= 11 is 2.76. The molecule has 3 rings (SSSR count). The number of para-hydroxylation sites is 1. The Hall–Kier alpha value is -2.13. The fourth-order valence-electron chi connectivity index (χ4n) is 1.98. The second-order valence-corrected chi connectivity index (χ2v) is 7.86. The summed E-state index contributed by atoms with van der Waals surface area (Å²) in [6.07, 6.45) is 0.818. The molecule has 0 bridgehead atoms. The molecule has 1 aromatic carbocycles. The average Bonchev–Trinajstić information content (AvgIpc) is 3.28. The third kappa shape index (κ3) is 5.17. The number of nitrogens with one attached hydrogen (secondary N) is 2. The molecule has 0 aliphatic heterocycles. The van der Waals surface area contributed by atoms with Gasteiger partial charge in [-0.3, -0.25) is 14.9 Å². The average molecular weight is 379 g/mol. The van der Waals surface area contributed by atoms with Crippen LogP contribution < -0.4 is 10.6 Å². The van der Waals surface area contributed by atoms with Gasteiger partial charge in [-0.15, -0.1) is 11.3 Å². The monoisotopic (exact) mass is 379 g/mol. The predicted molar refractivity (Wildman–Crippen MR) is 95.6 cm³/mol. The predicted octanol–water partition coefficient (Wildman–Crippen LogP) is 2.31. The first kappa shape index (κ1) is 17.7. The van der Waals surface area contributed by atoms with Crippen LogP contribution in [0.5, 0.6) is 0 Å². The topological polar surface area (TPSA) is 97.4 Å². The molecule has 1 heterocycles. The Bertz CT molecular complexity index is 771. The molecular formula is C16H17N3O4S2. The lowest BCUT2D eigenvalue weighted by molar-refractivity contribution is -0.151. The molecule has 1 saturated carbocycles. The molecule has 1 aromatic heterocycles. The molecule has 3 amide bonds. The van der Waals surface area contributed by atoms with Crippen molar-refractivity contribution < 1.29 is 19.1 Å². The van der Waals surface area contributed by atoms with Crippen molar-refractivity contribution in [3.8, 4) is 0 Å². The van der Waals surface area contributed by atoms with Gasteiger partial charge in [-0.1, -0.05) is 23.9 Å². The van der Waals surface area contributed by atoms with Crippen molar-refractivity contribution in [1.82, 2.24) is 15.6 Å². The van der Waals surface area contributed by atoms with Gasteiger partial charge >= 0.3 is 12.0 Å². The summed E-state index contributed by atoms with van der Waals surface area (Å²) in [6, 6.07) is 7.31. The van der Waals surface area contributed by atoms with Gasteiger partial charge < -0.3 is 10.1 Å². The highest BCUT2D eigenvalue weighted by molar-refractivity contribution is 8.01. The van der Waals surface area contributed by atoms with Crippen LogP contribution in [0.1, 0.15) is 19.8 Å². The SMILES string of the molecule is CC(OC(=O)CSc1nc2ccccc2s1)C(=O)NC(=O)NC1CC1. The fourth-order valence-corrected chi connectivity index (χ4v) is 3.83. The van der Waals surface area contributed by atoms with Crippen molar-refractivity contribution in [1.29, 1.82) is 0 Å². The molecule has 0 saturated heterocycles. The van der Waals surface area contributed by atoms with E-state index in [4.69, 9.17) is 4.74 Å². The fraction of sp³-hybridized carbons (Fsp3) is 0.375. The lowest BCUT2D eigenvalue weighted by Gasteiger charge is -2.12. The van der Waals surface area contributed by atoms with Gasteiger partial charge in [0.2, 0.25) is 0 Å². The summed E-state index contributed by atoms with van der Waals surface area (Å²) in [5, 5.41) is 4.79. The van der Waals surface area contributed by atoms with E-state index in [1.54, 1.807) is 0 Å². The second-order valence-electron chi connectivity index (χ2n) is 5.61. The zero-order chi connectivity index (χ0) is 17.8. The number of carbonyl (C=O) groups is 3. The number of nitrogens with zero attached hydrogens (tertiary/aromatic N) is 1. The first-order chi connectivity index (χ1) is 12.0. The Morgan fingerprint density at radius 3 is 2.84 bits per heavy atom. The van der Waals surface area contributed by atoms with E-state index in [9.17, 15) is 14.4 Å². The molecule has 0 radical (unpaired) electrons. The van der Waals surface area contributed by atoms with Gasteiger partial charge in [0.25, 0.3) is 5.91 Å². The first-order valence-corrected chi connectivity index (χ1v) is 9.60. The number of amides is 3. The van der Waals surface area contributed by atoms with E-state index in [0.717, 1.165) is 27.4 Å². The second kappa shape index (κ2) is 7.83. The van der Waals surface area contributed by atoms with Gasteiger partial charge in [0.15, 0.2) is 10.4 Å². The van der Waals surface area contributed by atoms with Crippen LogP contribution >= 0.6 is 23.1 Å². The smallest absolute Gasteiger partial charge is 0.321 e. The molecule has 0 spiro atoms. The van der Waals surface area contributed by atoms with E-state index in [-0.39, 0.29) is 11.8 Å². The maximum Gasteiger partial charge on any atom is 0.321 e. The number of thioether (sulfide) groups is 1. The zero-order valence-corrected chi connectivity index (χ0v) is 15.1. The number of urea groups is 1. The number of fused-ring (bicyclic) bond motifs is 1. The summed E-state index contributed by atoms with van der Waals surface area (Å²) < 4.78 is 6.87. The number of thiazole rings is 1. The number of hydrogen-bond donors (Lipinski definition) is 2. The van der Waals surface area contributed by atoms with Gasteiger partial charge in [0, 0.05) is 6.04 Å². The maximum atomic E-state index is 11.9. The summed E-state index contributed by atoms with van der Waals surface area (Å²) in [5.41, 5.74) is 0.887. The van der Waals surface area contributed by atoms with Gasteiger partial charge in [-0.25, -0.2) is 9.78 Å². The third-order valence-electron chi connectivity index (χ3n) is 3.41. The molecule has 1 fully saturated rings. The number of aromatic nitrogens is 1. The highest BCUT2D eigenvalue weighted by atomic mass is 32.2. The number of rotatable bonds is 6. The van der Waals surface area contributed by atoms with Crippen molar-refractivity contribution in [2.75, 3.05) is 5.75 Å². The van der Waals surface area contributed by atoms with E-state index in [1.165, 1.54) is 30.0 Å². The number of esters is 1. The molecule has 132 valence electrons. The van der Waals surface area contributed by atoms with Crippen LogP contribution in [0.3, 0.4) is 0 Å². The Balaban J connectivity index is 1.42. The normalized spacial score (nSPS) is 14.8. The Morgan fingerprint density at radius 1 is 1.36 bits per heavy atom. The third-order valence-corrected chi connectivity index (χ3v) is 5.57. The Morgan fingerprint density at radius 2 is 2.12 bits per heavy atom. The number of benzene rings is 1. The molecule has 25 heavy (non-hydrogen) atoms. The number of ether oxygens (including phenoxy) is 1. The van der Waals surface area contributed by atoms with E-state index < -0.39 is 24.0 Å². The van der Waals surface area contributed by atoms with Crippen molar-refractivity contribution in [3.63, 3.8) is 0 Å². The number of carbonyl (C=O) groups excluding carboxylic acids is 3.